The van der Waals surface area contributed by atoms with Crippen molar-refractivity contribution in [2.75, 3.05) is 25.7 Å². The molecule has 0 bridgehead atoms. The molecule has 9 heteroatoms. The molecule has 5 rings (SSSR count). The predicted molar refractivity (Wildman–Crippen MR) is 160 cm³/mol. The van der Waals surface area contributed by atoms with Gasteiger partial charge in [-0.1, -0.05) is 37.3 Å². The third kappa shape index (κ3) is 5.50. The van der Waals surface area contributed by atoms with Gasteiger partial charge >= 0.3 is 5.91 Å². The first-order valence-corrected chi connectivity index (χ1v) is 14.2. The van der Waals surface area contributed by atoms with E-state index in [0.717, 1.165) is 22.2 Å². The number of thiazole rings is 1. The number of amides is 1. The van der Waals surface area contributed by atoms with E-state index in [2.05, 4.69) is 13.8 Å². The summed E-state index contributed by atoms with van der Waals surface area (Å²) in [5, 5.41) is 11.8. The summed E-state index contributed by atoms with van der Waals surface area (Å²) in [7, 11) is 3.09. The number of aliphatic hydroxyl groups is 1. The van der Waals surface area contributed by atoms with Crippen LogP contribution in [0.4, 0.5) is 5.13 Å². The molecule has 4 aromatic rings. The van der Waals surface area contributed by atoms with E-state index in [1.807, 2.05) is 25.1 Å². The average molecular weight is 573 g/mol. The molecular weight excluding hydrogens is 540 g/mol. The Balaban J connectivity index is 1.66. The Hall–Kier alpha value is -4.37. The van der Waals surface area contributed by atoms with Crippen LogP contribution in [0.5, 0.6) is 17.2 Å². The molecule has 0 saturated carbocycles. The summed E-state index contributed by atoms with van der Waals surface area (Å²) in [4.78, 5) is 33.3. The van der Waals surface area contributed by atoms with E-state index < -0.39 is 17.7 Å². The Bertz CT molecular complexity index is 1640. The van der Waals surface area contributed by atoms with Crippen molar-refractivity contribution < 1.29 is 28.9 Å². The first-order chi connectivity index (χ1) is 19.7. The first kappa shape index (κ1) is 28.2. The topological polar surface area (TPSA) is 98.2 Å². The highest BCUT2D eigenvalue weighted by Gasteiger charge is 2.48. The van der Waals surface area contributed by atoms with Crippen molar-refractivity contribution >= 4 is 44.1 Å². The van der Waals surface area contributed by atoms with Crippen molar-refractivity contribution in [2.45, 2.75) is 33.2 Å². The van der Waals surface area contributed by atoms with Gasteiger partial charge < -0.3 is 19.3 Å². The number of carbonyl (C=O) groups is 2. The summed E-state index contributed by atoms with van der Waals surface area (Å²) in [6.45, 7) is 6.75. The standard InChI is InChI=1S/C32H32N2O6S/c1-18(2)14-15-40-24-13-9-21(17-25(24)39-5)28-27(29(35)20-7-10-22(38-4)11-8-20)30(36)31(37)34(28)32-33-23-12-6-19(3)16-26(23)41-32/h6-13,16-18,28,35H,14-15H2,1-5H3/b29-27+. The molecule has 0 radical (unpaired) electrons. The molecule has 0 spiro atoms. The van der Waals surface area contributed by atoms with Gasteiger partial charge in [0.2, 0.25) is 0 Å². The minimum atomic E-state index is -0.947. The predicted octanol–water partition coefficient (Wildman–Crippen LogP) is 6.67. The second-order valence-corrected chi connectivity index (χ2v) is 11.3. The van der Waals surface area contributed by atoms with Crippen LogP contribution in [0.2, 0.25) is 0 Å². The molecular formula is C32H32N2O6S. The van der Waals surface area contributed by atoms with E-state index >= 15 is 0 Å². The van der Waals surface area contributed by atoms with Crippen molar-refractivity contribution in [3.63, 3.8) is 0 Å². The quantitative estimate of drug-likeness (QED) is 0.136. The molecule has 1 aromatic heterocycles. The zero-order valence-electron chi connectivity index (χ0n) is 23.6. The smallest absolute Gasteiger partial charge is 0.301 e. The molecule has 1 N–H and O–H groups in total. The number of aromatic nitrogens is 1. The van der Waals surface area contributed by atoms with Gasteiger partial charge in [0.25, 0.3) is 5.78 Å². The molecule has 1 aliphatic heterocycles. The van der Waals surface area contributed by atoms with Gasteiger partial charge in [-0.2, -0.15) is 0 Å². The Morgan fingerprint density at radius 2 is 1.76 bits per heavy atom. The van der Waals surface area contributed by atoms with Crippen LogP contribution >= 0.6 is 11.3 Å². The van der Waals surface area contributed by atoms with Crippen LogP contribution in [0.25, 0.3) is 16.0 Å². The Morgan fingerprint density at radius 3 is 2.44 bits per heavy atom. The van der Waals surface area contributed by atoms with Gasteiger partial charge in [0, 0.05) is 5.56 Å². The van der Waals surface area contributed by atoms with E-state index in [0.29, 0.717) is 46.0 Å². The Labute approximate surface area is 242 Å². The van der Waals surface area contributed by atoms with E-state index in [4.69, 9.17) is 19.2 Å². The fourth-order valence-corrected chi connectivity index (χ4v) is 5.84. The number of carbonyl (C=O) groups excluding carboxylic acids is 2. The fraction of sp³-hybridized carbons (Fsp3) is 0.281. The number of nitrogens with zero attached hydrogens (tertiary/aromatic N) is 2. The third-order valence-electron chi connectivity index (χ3n) is 7.00. The van der Waals surface area contributed by atoms with Crippen LogP contribution < -0.4 is 19.1 Å². The van der Waals surface area contributed by atoms with Gasteiger partial charge in [0.1, 0.15) is 11.5 Å². The van der Waals surface area contributed by atoms with Crippen LogP contribution in [0.1, 0.15) is 43.0 Å². The van der Waals surface area contributed by atoms with E-state index in [-0.39, 0.29) is 11.3 Å². The van der Waals surface area contributed by atoms with E-state index in [9.17, 15) is 14.7 Å². The van der Waals surface area contributed by atoms with Crippen LogP contribution in [0.15, 0.2) is 66.2 Å². The lowest BCUT2D eigenvalue weighted by Crippen LogP contribution is -2.29. The normalized spacial score (nSPS) is 16.5. The highest BCUT2D eigenvalue weighted by Crippen LogP contribution is 2.46. The average Bonchev–Trinajstić information content (AvgIpc) is 3.50. The molecule has 8 nitrogen and oxygen atoms in total. The molecule has 0 aliphatic carbocycles. The zero-order valence-corrected chi connectivity index (χ0v) is 24.5. The number of Topliss-reactive ketones (excluding diaryl/α,β-unsaturated/α-hetero) is 1. The number of anilines is 1. The minimum Gasteiger partial charge on any atom is -0.507 e. The lowest BCUT2D eigenvalue weighted by Gasteiger charge is -2.24. The Kier molecular flexibility index (Phi) is 7.99. The van der Waals surface area contributed by atoms with Crippen molar-refractivity contribution in [2.24, 2.45) is 5.92 Å². The lowest BCUT2D eigenvalue weighted by atomic mass is 9.95. The van der Waals surface area contributed by atoms with Crippen molar-refractivity contribution in [1.82, 2.24) is 4.98 Å². The van der Waals surface area contributed by atoms with Crippen molar-refractivity contribution in [3.05, 3.63) is 82.9 Å². The maximum atomic E-state index is 13.6. The molecule has 1 saturated heterocycles. The van der Waals surface area contributed by atoms with Crippen LogP contribution in [0, 0.1) is 12.8 Å². The molecule has 41 heavy (non-hydrogen) atoms. The van der Waals surface area contributed by atoms with Gasteiger partial charge in [-0.15, -0.1) is 0 Å². The fourth-order valence-electron chi connectivity index (χ4n) is 4.75. The number of ether oxygens (including phenoxy) is 3. The molecule has 1 fully saturated rings. The number of fused-ring (bicyclic) bond motifs is 1. The molecule has 1 atom stereocenters. The lowest BCUT2D eigenvalue weighted by molar-refractivity contribution is -0.132. The highest BCUT2D eigenvalue weighted by atomic mass is 32.1. The summed E-state index contributed by atoms with van der Waals surface area (Å²) in [5.74, 6) is 0.246. The molecule has 1 aliphatic rings. The number of hydrogen-bond acceptors (Lipinski definition) is 8. The number of benzene rings is 3. The Morgan fingerprint density at radius 1 is 1.00 bits per heavy atom. The maximum Gasteiger partial charge on any atom is 0.301 e. The molecule has 2 heterocycles. The number of aliphatic hydroxyl groups excluding tert-OH is 1. The van der Waals surface area contributed by atoms with Crippen molar-refractivity contribution in [3.8, 4) is 17.2 Å². The number of hydrogen-bond donors (Lipinski definition) is 1. The number of methoxy groups -OCH3 is 2. The second-order valence-electron chi connectivity index (χ2n) is 10.3. The summed E-state index contributed by atoms with van der Waals surface area (Å²) in [5.41, 5.74) is 2.70. The van der Waals surface area contributed by atoms with Crippen LogP contribution in [-0.2, 0) is 9.59 Å². The van der Waals surface area contributed by atoms with Gasteiger partial charge in [0.15, 0.2) is 16.6 Å². The number of ketones is 1. The maximum absolute atomic E-state index is 13.6. The van der Waals surface area contributed by atoms with Crippen LogP contribution in [0.3, 0.4) is 0 Å². The molecule has 1 unspecified atom stereocenters. The minimum absolute atomic E-state index is 0.0360. The molecule has 1 amide bonds. The highest BCUT2D eigenvalue weighted by molar-refractivity contribution is 7.22. The number of rotatable bonds is 9. The van der Waals surface area contributed by atoms with Gasteiger partial charge in [-0.25, -0.2) is 4.98 Å². The summed E-state index contributed by atoms with van der Waals surface area (Å²) < 4.78 is 17.7. The molecule has 3 aromatic carbocycles. The van der Waals surface area contributed by atoms with Crippen LogP contribution in [-0.4, -0.2) is 42.6 Å². The van der Waals surface area contributed by atoms with E-state index in [1.54, 1.807) is 56.7 Å². The van der Waals surface area contributed by atoms with Gasteiger partial charge in [-0.3, -0.25) is 14.5 Å². The first-order valence-electron chi connectivity index (χ1n) is 13.3. The summed E-state index contributed by atoms with van der Waals surface area (Å²) in [6, 6.07) is 16.8. The van der Waals surface area contributed by atoms with Crippen molar-refractivity contribution in [1.29, 1.82) is 0 Å². The molecule has 212 valence electrons. The third-order valence-corrected chi connectivity index (χ3v) is 8.02. The SMILES string of the molecule is COc1ccc(/C(O)=C2\C(=O)C(=O)N(c3nc4ccc(C)cc4s3)C2c2ccc(OCCC(C)C)c(OC)c2)cc1. The summed E-state index contributed by atoms with van der Waals surface area (Å²) >= 11 is 1.32. The zero-order chi connectivity index (χ0) is 29.3. The monoisotopic (exact) mass is 572 g/mol. The van der Waals surface area contributed by atoms with E-state index in [1.165, 1.54) is 16.2 Å². The summed E-state index contributed by atoms with van der Waals surface area (Å²) in [6.07, 6.45) is 0.879. The number of aryl methyl sites for hydroxylation is 1. The van der Waals surface area contributed by atoms with Gasteiger partial charge in [0.05, 0.1) is 42.7 Å². The largest absolute Gasteiger partial charge is 0.507 e. The van der Waals surface area contributed by atoms with Gasteiger partial charge in [-0.05, 0) is 78.9 Å². The second kappa shape index (κ2) is 11.6.